The molecule has 2 heterocycles. The van der Waals surface area contributed by atoms with Crippen molar-refractivity contribution in [2.75, 3.05) is 19.6 Å². The summed E-state index contributed by atoms with van der Waals surface area (Å²) in [4.78, 5) is 35.4. The van der Waals surface area contributed by atoms with Crippen molar-refractivity contribution in [2.24, 2.45) is 0 Å². The molecule has 0 spiro atoms. The molecule has 6 nitrogen and oxygen atoms in total. The third kappa shape index (κ3) is 4.47. The quantitative estimate of drug-likeness (QED) is 0.688. The monoisotopic (exact) mass is 289 g/mol. The summed E-state index contributed by atoms with van der Waals surface area (Å²) >= 11 is 0. The Morgan fingerprint density at radius 3 is 2.58 bits per heavy atom. The van der Waals surface area contributed by atoms with E-state index in [1.807, 2.05) is 0 Å². The standard InChI is InChI=1S/C12H19N3O3.ClH/c16-10(14-8-9-2-1-6-13-9)5-7-15-11(17)3-4-12(15)18;/h9,13H,1-8H2,(H,14,16);1H. The lowest BCUT2D eigenvalue weighted by Gasteiger charge is -2.14. The van der Waals surface area contributed by atoms with Crippen LogP contribution in [0.2, 0.25) is 0 Å². The lowest BCUT2D eigenvalue weighted by molar-refractivity contribution is -0.138. The van der Waals surface area contributed by atoms with Gasteiger partial charge in [0.05, 0.1) is 0 Å². The Hall–Kier alpha value is -1.14. The van der Waals surface area contributed by atoms with Crippen LogP contribution < -0.4 is 10.6 Å². The fourth-order valence-corrected chi connectivity index (χ4v) is 2.34. The molecule has 2 N–H and O–H groups in total. The van der Waals surface area contributed by atoms with Crippen LogP contribution in [0.25, 0.3) is 0 Å². The average molecular weight is 290 g/mol. The zero-order valence-electron chi connectivity index (χ0n) is 10.8. The normalized spacial score (nSPS) is 22.5. The summed E-state index contributed by atoms with van der Waals surface area (Å²) < 4.78 is 0. The number of rotatable bonds is 5. The number of carbonyl (C=O) groups is 3. The van der Waals surface area contributed by atoms with Gasteiger partial charge in [-0.25, -0.2) is 0 Å². The first-order chi connectivity index (χ1) is 8.66. The molecule has 1 unspecified atom stereocenters. The van der Waals surface area contributed by atoms with E-state index in [1.54, 1.807) is 0 Å². The highest BCUT2D eigenvalue weighted by atomic mass is 35.5. The molecule has 19 heavy (non-hydrogen) atoms. The average Bonchev–Trinajstić information content (AvgIpc) is 2.96. The van der Waals surface area contributed by atoms with E-state index < -0.39 is 0 Å². The van der Waals surface area contributed by atoms with Crippen LogP contribution in [0.15, 0.2) is 0 Å². The maximum Gasteiger partial charge on any atom is 0.229 e. The Labute approximate surface area is 118 Å². The molecule has 1 atom stereocenters. The van der Waals surface area contributed by atoms with Crippen molar-refractivity contribution < 1.29 is 14.4 Å². The van der Waals surface area contributed by atoms with Gasteiger partial charge in [-0.1, -0.05) is 0 Å². The van der Waals surface area contributed by atoms with Crippen molar-refractivity contribution in [1.29, 1.82) is 0 Å². The van der Waals surface area contributed by atoms with Gasteiger partial charge in [0.1, 0.15) is 0 Å². The first kappa shape index (κ1) is 15.9. The van der Waals surface area contributed by atoms with Gasteiger partial charge in [0.15, 0.2) is 0 Å². The molecule has 108 valence electrons. The summed E-state index contributed by atoms with van der Waals surface area (Å²) in [6.45, 7) is 1.85. The van der Waals surface area contributed by atoms with Crippen molar-refractivity contribution >= 4 is 30.1 Å². The van der Waals surface area contributed by atoms with E-state index in [0.717, 1.165) is 19.4 Å². The first-order valence-electron chi connectivity index (χ1n) is 6.50. The fourth-order valence-electron chi connectivity index (χ4n) is 2.34. The van der Waals surface area contributed by atoms with Gasteiger partial charge in [-0.3, -0.25) is 19.3 Å². The van der Waals surface area contributed by atoms with Crippen LogP contribution in [0.5, 0.6) is 0 Å². The molecule has 0 saturated carbocycles. The van der Waals surface area contributed by atoms with Crippen molar-refractivity contribution in [3.05, 3.63) is 0 Å². The van der Waals surface area contributed by atoms with Gasteiger partial charge in [-0.2, -0.15) is 0 Å². The summed E-state index contributed by atoms with van der Waals surface area (Å²) in [7, 11) is 0. The van der Waals surface area contributed by atoms with Gasteiger partial charge < -0.3 is 10.6 Å². The van der Waals surface area contributed by atoms with Crippen LogP contribution >= 0.6 is 12.4 Å². The second kappa shape index (κ2) is 7.45. The molecule has 2 saturated heterocycles. The van der Waals surface area contributed by atoms with Crippen molar-refractivity contribution in [3.63, 3.8) is 0 Å². The first-order valence-corrected chi connectivity index (χ1v) is 6.50. The number of amides is 3. The molecule has 2 rings (SSSR count). The van der Waals surface area contributed by atoms with E-state index in [1.165, 1.54) is 4.90 Å². The van der Waals surface area contributed by atoms with Crippen LogP contribution in [-0.2, 0) is 14.4 Å². The Balaban J connectivity index is 0.00000180. The Morgan fingerprint density at radius 1 is 1.32 bits per heavy atom. The number of imide groups is 1. The SMILES string of the molecule is Cl.O=C(CCN1C(=O)CCC1=O)NCC1CCCN1. The molecule has 0 aliphatic carbocycles. The molecule has 3 amide bonds. The van der Waals surface area contributed by atoms with Crippen LogP contribution in [0.4, 0.5) is 0 Å². The minimum absolute atomic E-state index is 0. The van der Waals surface area contributed by atoms with Crippen LogP contribution in [-0.4, -0.2) is 48.3 Å². The number of nitrogens with one attached hydrogen (secondary N) is 2. The number of hydrogen-bond acceptors (Lipinski definition) is 4. The largest absolute Gasteiger partial charge is 0.354 e. The summed E-state index contributed by atoms with van der Waals surface area (Å²) in [5.41, 5.74) is 0. The van der Waals surface area contributed by atoms with E-state index in [-0.39, 0.29) is 55.9 Å². The van der Waals surface area contributed by atoms with Gasteiger partial charge in [0.2, 0.25) is 17.7 Å². The summed E-state index contributed by atoms with van der Waals surface area (Å²) in [6.07, 6.45) is 3.00. The highest BCUT2D eigenvalue weighted by Crippen LogP contribution is 2.11. The Bertz CT molecular complexity index is 340. The van der Waals surface area contributed by atoms with E-state index in [0.29, 0.717) is 12.6 Å². The molecule has 0 aromatic heterocycles. The molecule has 0 bridgehead atoms. The second-order valence-electron chi connectivity index (χ2n) is 4.79. The van der Waals surface area contributed by atoms with E-state index in [9.17, 15) is 14.4 Å². The van der Waals surface area contributed by atoms with Crippen molar-refractivity contribution in [1.82, 2.24) is 15.5 Å². The van der Waals surface area contributed by atoms with Gasteiger partial charge in [0.25, 0.3) is 0 Å². The Morgan fingerprint density at radius 2 is 2.00 bits per heavy atom. The highest BCUT2D eigenvalue weighted by Gasteiger charge is 2.28. The second-order valence-corrected chi connectivity index (χ2v) is 4.79. The maximum absolute atomic E-state index is 11.6. The summed E-state index contributed by atoms with van der Waals surface area (Å²) in [5.74, 6) is -0.424. The molecular formula is C12H20ClN3O3. The van der Waals surface area contributed by atoms with E-state index in [4.69, 9.17) is 0 Å². The molecular weight excluding hydrogens is 270 g/mol. The van der Waals surface area contributed by atoms with Crippen LogP contribution in [0.1, 0.15) is 32.1 Å². The van der Waals surface area contributed by atoms with Crippen LogP contribution in [0, 0.1) is 0 Å². The van der Waals surface area contributed by atoms with Gasteiger partial charge in [-0.05, 0) is 19.4 Å². The smallest absolute Gasteiger partial charge is 0.229 e. The number of halogens is 1. The van der Waals surface area contributed by atoms with Crippen LogP contribution in [0.3, 0.4) is 0 Å². The maximum atomic E-state index is 11.6. The fraction of sp³-hybridized carbons (Fsp3) is 0.750. The van der Waals surface area contributed by atoms with Gasteiger partial charge in [0, 0.05) is 38.4 Å². The number of likely N-dealkylation sites (tertiary alicyclic amines) is 1. The summed E-state index contributed by atoms with van der Waals surface area (Å²) in [6, 6.07) is 0.365. The third-order valence-electron chi connectivity index (χ3n) is 3.43. The molecule has 0 aromatic carbocycles. The predicted molar refractivity (Wildman–Crippen MR) is 71.9 cm³/mol. The lowest BCUT2D eigenvalue weighted by Crippen LogP contribution is -2.39. The molecule has 0 radical (unpaired) electrons. The van der Waals surface area contributed by atoms with E-state index >= 15 is 0 Å². The molecule has 2 aliphatic heterocycles. The predicted octanol–water partition coefficient (Wildman–Crippen LogP) is -0.184. The molecule has 2 fully saturated rings. The van der Waals surface area contributed by atoms with E-state index in [2.05, 4.69) is 10.6 Å². The molecule has 0 aromatic rings. The highest BCUT2D eigenvalue weighted by molar-refractivity contribution is 6.02. The molecule has 7 heteroatoms. The number of nitrogens with zero attached hydrogens (tertiary/aromatic N) is 1. The van der Waals surface area contributed by atoms with Crippen molar-refractivity contribution in [2.45, 2.75) is 38.1 Å². The minimum Gasteiger partial charge on any atom is -0.354 e. The van der Waals surface area contributed by atoms with Crippen molar-refractivity contribution in [3.8, 4) is 0 Å². The third-order valence-corrected chi connectivity index (χ3v) is 3.43. The number of hydrogen-bond donors (Lipinski definition) is 2. The Kier molecular flexibility index (Phi) is 6.24. The lowest BCUT2D eigenvalue weighted by atomic mass is 10.2. The van der Waals surface area contributed by atoms with Gasteiger partial charge >= 0.3 is 0 Å². The minimum atomic E-state index is -0.162. The van der Waals surface area contributed by atoms with Gasteiger partial charge in [-0.15, -0.1) is 12.4 Å². The number of carbonyl (C=O) groups excluding carboxylic acids is 3. The zero-order chi connectivity index (χ0) is 13.0. The summed E-state index contributed by atoms with van der Waals surface area (Å²) in [5, 5.41) is 6.12. The molecule has 2 aliphatic rings. The zero-order valence-corrected chi connectivity index (χ0v) is 11.6. The topological polar surface area (TPSA) is 78.5 Å².